The first-order valence-electron chi connectivity index (χ1n) is 6.31. The largest absolute Gasteiger partial charge is 0.387 e. The fourth-order valence-electron chi connectivity index (χ4n) is 1.83. The Hall–Kier alpha value is -1.69. The molecule has 0 radical (unpaired) electrons. The van der Waals surface area contributed by atoms with Crippen molar-refractivity contribution in [1.82, 2.24) is 4.72 Å². The van der Waals surface area contributed by atoms with E-state index < -0.39 is 16.1 Å². The van der Waals surface area contributed by atoms with Gasteiger partial charge in [-0.2, -0.15) is 0 Å². The van der Waals surface area contributed by atoms with E-state index in [9.17, 15) is 13.5 Å². The lowest BCUT2D eigenvalue weighted by molar-refractivity contribution is 0.201. The smallest absolute Gasteiger partial charge is 0.214 e. The molecule has 0 spiro atoms. The Bertz CT molecular complexity index is 627. The predicted octanol–water partition coefficient (Wildman–Crippen LogP) is 1.84. The van der Waals surface area contributed by atoms with Gasteiger partial charge in [0.15, 0.2) is 0 Å². The van der Waals surface area contributed by atoms with Gasteiger partial charge in [0.25, 0.3) is 0 Å². The molecule has 0 amide bonds. The third-order valence-electron chi connectivity index (χ3n) is 2.90. The zero-order valence-electron chi connectivity index (χ0n) is 10.9. The third kappa shape index (κ3) is 4.45. The van der Waals surface area contributed by atoms with E-state index in [1.165, 1.54) is 0 Å². The summed E-state index contributed by atoms with van der Waals surface area (Å²) in [7, 11) is -3.53. The summed E-state index contributed by atoms with van der Waals surface area (Å²) in [6.07, 6.45) is -1.02. The lowest BCUT2D eigenvalue weighted by Crippen LogP contribution is -2.28. The summed E-state index contributed by atoms with van der Waals surface area (Å²) in [4.78, 5) is 0. The maximum Gasteiger partial charge on any atom is 0.214 e. The third-order valence-corrected chi connectivity index (χ3v) is 4.24. The van der Waals surface area contributed by atoms with Crippen molar-refractivity contribution in [1.29, 1.82) is 0 Å². The summed E-state index contributed by atoms with van der Waals surface area (Å²) in [5, 5.41) is 9.93. The molecule has 0 bridgehead atoms. The SMILES string of the molecule is O=S(=O)(C[C@@H](O)c1ccccc1)NCc1ccccc1. The van der Waals surface area contributed by atoms with Crippen molar-refractivity contribution in [2.45, 2.75) is 12.6 Å². The van der Waals surface area contributed by atoms with E-state index in [2.05, 4.69) is 4.72 Å². The molecule has 20 heavy (non-hydrogen) atoms. The van der Waals surface area contributed by atoms with Crippen LogP contribution in [-0.4, -0.2) is 19.3 Å². The molecular formula is C15H17NO3S. The Morgan fingerprint density at radius 1 is 0.950 bits per heavy atom. The van der Waals surface area contributed by atoms with Crippen LogP contribution in [0.25, 0.3) is 0 Å². The Balaban J connectivity index is 1.94. The minimum Gasteiger partial charge on any atom is -0.387 e. The van der Waals surface area contributed by atoms with Gasteiger partial charge in [0.1, 0.15) is 0 Å². The fourth-order valence-corrected chi connectivity index (χ4v) is 2.94. The summed E-state index contributed by atoms with van der Waals surface area (Å²) in [5.74, 6) is -0.343. The van der Waals surface area contributed by atoms with Gasteiger partial charge >= 0.3 is 0 Å². The fraction of sp³-hybridized carbons (Fsp3) is 0.200. The minimum absolute atomic E-state index is 0.227. The maximum atomic E-state index is 11.9. The molecule has 0 saturated carbocycles. The molecule has 4 nitrogen and oxygen atoms in total. The molecule has 0 saturated heterocycles. The molecule has 0 aliphatic heterocycles. The summed E-state index contributed by atoms with van der Waals surface area (Å²) in [6.45, 7) is 0.227. The summed E-state index contributed by atoms with van der Waals surface area (Å²) in [5.41, 5.74) is 1.47. The van der Waals surface area contributed by atoms with E-state index in [-0.39, 0.29) is 12.3 Å². The van der Waals surface area contributed by atoms with Gasteiger partial charge < -0.3 is 5.11 Å². The molecular weight excluding hydrogens is 274 g/mol. The van der Waals surface area contributed by atoms with Crippen molar-refractivity contribution in [3.63, 3.8) is 0 Å². The topological polar surface area (TPSA) is 66.4 Å². The maximum absolute atomic E-state index is 11.9. The highest BCUT2D eigenvalue weighted by Gasteiger charge is 2.18. The van der Waals surface area contributed by atoms with Gasteiger partial charge in [-0.05, 0) is 11.1 Å². The molecule has 0 fully saturated rings. The molecule has 0 unspecified atom stereocenters. The normalized spacial score (nSPS) is 13.1. The van der Waals surface area contributed by atoms with Gasteiger partial charge in [0.05, 0.1) is 11.9 Å². The molecule has 106 valence electrons. The predicted molar refractivity (Wildman–Crippen MR) is 78.5 cm³/mol. The molecule has 5 heteroatoms. The zero-order chi connectivity index (χ0) is 14.4. The Morgan fingerprint density at radius 3 is 2.10 bits per heavy atom. The molecule has 2 aromatic rings. The standard InChI is InChI=1S/C15H17NO3S/c17-15(14-9-5-2-6-10-14)12-20(18,19)16-11-13-7-3-1-4-8-13/h1-10,15-17H,11-12H2/t15-/m1/s1. The van der Waals surface area contributed by atoms with Crippen LogP contribution in [0, 0.1) is 0 Å². The lowest BCUT2D eigenvalue weighted by atomic mass is 10.1. The van der Waals surface area contributed by atoms with Crippen LogP contribution in [0.2, 0.25) is 0 Å². The van der Waals surface area contributed by atoms with Gasteiger partial charge in [-0.15, -0.1) is 0 Å². The average Bonchev–Trinajstić information content (AvgIpc) is 2.47. The number of aliphatic hydroxyl groups excluding tert-OH is 1. The van der Waals surface area contributed by atoms with Crippen LogP contribution in [0.15, 0.2) is 60.7 Å². The van der Waals surface area contributed by atoms with Gasteiger partial charge in [-0.1, -0.05) is 60.7 Å². The van der Waals surface area contributed by atoms with Crippen LogP contribution in [0.4, 0.5) is 0 Å². The first-order chi connectivity index (χ1) is 9.57. The molecule has 2 N–H and O–H groups in total. The van der Waals surface area contributed by atoms with E-state index in [4.69, 9.17) is 0 Å². The number of rotatable bonds is 6. The van der Waals surface area contributed by atoms with Crippen LogP contribution >= 0.6 is 0 Å². The first kappa shape index (κ1) is 14.7. The van der Waals surface area contributed by atoms with E-state index in [1.807, 2.05) is 36.4 Å². The second-order valence-corrected chi connectivity index (χ2v) is 6.37. The van der Waals surface area contributed by atoms with Crippen LogP contribution < -0.4 is 4.72 Å². The number of nitrogens with one attached hydrogen (secondary N) is 1. The Labute approximate surface area is 119 Å². The first-order valence-corrected chi connectivity index (χ1v) is 7.96. The Kier molecular flexibility index (Phi) is 4.89. The summed E-state index contributed by atoms with van der Waals surface area (Å²) in [6, 6.07) is 18.0. The number of hydrogen-bond donors (Lipinski definition) is 2. The molecule has 0 aliphatic rings. The Morgan fingerprint density at radius 2 is 1.50 bits per heavy atom. The summed E-state index contributed by atoms with van der Waals surface area (Å²) >= 11 is 0. The number of aliphatic hydroxyl groups is 1. The van der Waals surface area contributed by atoms with Crippen molar-refractivity contribution in [2.75, 3.05) is 5.75 Å². The van der Waals surface area contributed by atoms with E-state index in [1.54, 1.807) is 24.3 Å². The quantitative estimate of drug-likeness (QED) is 0.853. The van der Waals surface area contributed by atoms with Crippen molar-refractivity contribution in [3.05, 3.63) is 71.8 Å². The molecule has 1 atom stereocenters. The second kappa shape index (κ2) is 6.65. The van der Waals surface area contributed by atoms with Crippen molar-refractivity contribution in [3.8, 4) is 0 Å². The van der Waals surface area contributed by atoms with Crippen molar-refractivity contribution >= 4 is 10.0 Å². The van der Waals surface area contributed by atoms with E-state index in [0.29, 0.717) is 5.56 Å². The van der Waals surface area contributed by atoms with Crippen molar-refractivity contribution < 1.29 is 13.5 Å². The highest BCUT2D eigenvalue weighted by atomic mass is 32.2. The van der Waals surface area contributed by atoms with Gasteiger partial charge in [-0.25, -0.2) is 13.1 Å². The highest BCUT2D eigenvalue weighted by Crippen LogP contribution is 2.14. The van der Waals surface area contributed by atoms with Crippen LogP contribution in [0.3, 0.4) is 0 Å². The van der Waals surface area contributed by atoms with Crippen LogP contribution in [0.5, 0.6) is 0 Å². The van der Waals surface area contributed by atoms with Gasteiger partial charge in [0, 0.05) is 6.54 Å². The lowest BCUT2D eigenvalue weighted by Gasteiger charge is -2.12. The van der Waals surface area contributed by atoms with Crippen molar-refractivity contribution in [2.24, 2.45) is 0 Å². The zero-order valence-corrected chi connectivity index (χ0v) is 11.8. The monoisotopic (exact) mass is 291 g/mol. The molecule has 2 aromatic carbocycles. The number of benzene rings is 2. The second-order valence-electron chi connectivity index (χ2n) is 4.51. The molecule has 0 aliphatic carbocycles. The highest BCUT2D eigenvalue weighted by molar-refractivity contribution is 7.89. The molecule has 0 aromatic heterocycles. The number of hydrogen-bond acceptors (Lipinski definition) is 3. The van der Waals surface area contributed by atoms with Crippen LogP contribution in [-0.2, 0) is 16.6 Å². The number of sulfonamides is 1. The minimum atomic E-state index is -3.53. The van der Waals surface area contributed by atoms with Gasteiger partial charge in [-0.3, -0.25) is 0 Å². The average molecular weight is 291 g/mol. The summed E-state index contributed by atoms with van der Waals surface area (Å²) < 4.78 is 26.3. The van der Waals surface area contributed by atoms with Gasteiger partial charge in [0.2, 0.25) is 10.0 Å². The molecule has 2 rings (SSSR count). The van der Waals surface area contributed by atoms with E-state index >= 15 is 0 Å². The van der Waals surface area contributed by atoms with E-state index in [0.717, 1.165) is 5.56 Å². The van der Waals surface area contributed by atoms with Crippen LogP contribution in [0.1, 0.15) is 17.2 Å². The molecule has 0 heterocycles.